The zero-order valence-corrected chi connectivity index (χ0v) is 23.4. The average Bonchev–Trinajstić information content (AvgIpc) is 3.34. The number of halogens is 2. The molecule has 3 nitrogen and oxygen atoms in total. The maximum atomic E-state index is 9.68. The van der Waals surface area contributed by atoms with E-state index in [4.69, 9.17) is 4.42 Å². The monoisotopic (exact) mass is 544 g/mol. The van der Waals surface area contributed by atoms with Crippen molar-refractivity contribution in [3.05, 3.63) is 107 Å². The van der Waals surface area contributed by atoms with E-state index in [0.29, 0.717) is 11.5 Å². The van der Waals surface area contributed by atoms with Crippen molar-refractivity contribution < 1.29 is 34.6 Å². The molecule has 35 heavy (non-hydrogen) atoms. The van der Waals surface area contributed by atoms with Crippen LogP contribution in [-0.2, 0) is 20.0 Å². The van der Waals surface area contributed by atoms with E-state index >= 15 is 0 Å². The minimum atomic E-state index is 0. The SMILES string of the molecule is Cc1ccc(O)c2c(C)cccc12.Cc1ccc(O)c2c(C)cccc12.Cl.Cl.[Ti]=[CH]c1ccco1. The molecule has 0 atom stereocenters. The van der Waals surface area contributed by atoms with Crippen LogP contribution in [0.1, 0.15) is 28.0 Å². The standard InChI is InChI=1S/2C12H12O.C5H4O.2ClH.Ti/c2*1-8-6-7-11(13)12-9(2)4-3-5-10(8)12;1-5-3-2-4-6-5;;;/h2*3-7,13H,1-2H3;1-4H;2*1H;. The van der Waals surface area contributed by atoms with Crippen LogP contribution in [0, 0.1) is 27.7 Å². The van der Waals surface area contributed by atoms with Crippen LogP contribution in [0.5, 0.6) is 11.5 Å². The average molecular weight is 545 g/mol. The topological polar surface area (TPSA) is 53.6 Å². The first kappa shape index (κ1) is 30.5. The fourth-order valence-electron chi connectivity index (χ4n) is 3.80. The molecule has 1 heterocycles. The second-order valence-corrected chi connectivity index (χ2v) is 8.41. The van der Waals surface area contributed by atoms with Crippen molar-refractivity contribution in [2.24, 2.45) is 0 Å². The van der Waals surface area contributed by atoms with E-state index in [1.807, 2.05) is 98.8 Å². The number of hydrogen-bond acceptors (Lipinski definition) is 3. The van der Waals surface area contributed by atoms with E-state index in [1.165, 1.54) is 11.1 Å². The molecule has 2 N–H and O–H groups in total. The molecule has 4 aromatic carbocycles. The van der Waals surface area contributed by atoms with E-state index in [1.54, 1.807) is 18.4 Å². The molecule has 0 unspecified atom stereocenters. The van der Waals surface area contributed by atoms with Gasteiger partial charge in [-0.1, -0.05) is 48.5 Å². The molecule has 0 fully saturated rings. The Hall–Kier alpha value is -2.56. The molecule has 0 aliphatic carbocycles. The first-order chi connectivity index (χ1) is 15.8. The van der Waals surface area contributed by atoms with E-state index in [9.17, 15) is 10.2 Å². The fraction of sp³-hybridized carbons (Fsp3) is 0.138. The van der Waals surface area contributed by atoms with Gasteiger partial charge in [-0.05, 0) is 72.9 Å². The minimum absolute atomic E-state index is 0. The number of aryl methyl sites for hydroxylation is 4. The summed E-state index contributed by atoms with van der Waals surface area (Å²) in [6, 6.07) is 23.3. The molecule has 0 saturated heterocycles. The second-order valence-electron chi connectivity index (χ2n) is 7.96. The maximum absolute atomic E-state index is 9.68. The molecule has 0 aliphatic heterocycles. The van der Waals surface area contributed by atoms with Crippen molar-refractivity contribution in [3.63, 3.8) is 0 Å². The molecule has 6 heteroatoms. The van der Waals surface area contributed by atoms with Gasteiger partial charge < -0.3 is 10.2 Å². The molecule has 0 spiro atoms. The number of rotatable bonds is 1. The van der Waals surface area contributed by atoms with Crippen LogP contribution < -0.4 is 0 Å². The number of fused-ring (bicyclic) bond motifs is 2. The number of hydrogen-bond donors (Lipinski definition) is 2. The van der Waals surface area contributed by atoms with Gasteiger partial charge in [-0.25, -0.2) is 0 Å². The van der Waals surface area contributed by atoms with Crippen LogP contribution in [-0.4, -0.2) is 14.5 Å². The van der Waals surface area contributed by atoms with Gasteiger partial charge in [0.15, 0.2) is 0 Å². The Bertz CT molecular complexity index is 1290. The van der Waals surface area contributed by atoms with E-state index < -0.39 is 0 Å². The van der Waals surface area contributed by atoms with Gasteiger partial charge in [0.05, 0.1) is 0 Å². The Morgan fingerprint density at radius 2 is 1.06 bits per heavy atom. The summed E-state index contributed by atoms with van der Waals surface area (Å²) in [5, 5.41) is 23.6. The third-order valence-corrected chi connectivity index (χ3v) is 6.02. The van der Waals surface area contributed by atoms with Gasteiger partial charge in [0.25, 0.3) is 0 Å². The zero-order chi connectivity index (χ0) is 24.0. The van der Waals surface area contributed by atoms with Crippen LogP contribution in [0.15, 0.2) is 83.5 Å². The molecule has 0 amide bonds. The van der Waals surface area contributed by atoms with Crippen molar-refractivity contribution in [1.82, 2.24) is 0 Å². The van der Waals surface area contributed by atoms with Crippen LogP contribution in [0.25, 0.3) is 21.5 Å². The molecule has 1 aromatic heterocycles. The third kappa shape index (κ3) is 7.46. The molecule has 0 aliphatic rings. The van der Waals surface area contributed by atoms with Crippen molar-refractivity contribution >= 4 is 50.7 Å². The van der Waals surface area contributed by atoms with Gasteiger partial charge in [-0.3, -0.25) is 0 Å². The van der Waals surface area contributed by atoms with Gasteiger partial charge in [-0.2, -0.15) is 0 Å². The zero-order valence-electron chi connectivity index (χ0n) is 20.2. The van der Waals surface area contributed by atoms with Crippen LogP contribution in [0.2, 0.25) is 0 Å². The molecule has 5 aromatic rings. The summed E-state index contributed by atoms with van der Waals surface area (Å²) in [5.41, 5.74) is 4.66. The van der Waals surface area contributed by atoms with Crippen molar-refractivity contribution in [2.75, 3.05) is 0 Å². The van der Waals surface area contributed by atoms with Gasteiger partial charge in [0.2, 0.25) is 0 Å². The van der Waals surface area contributed by atoms with Gasteiger partial charge in [0, 0.05) is 10.8 Å². The van der Waals surface area contributed by atoms with Crippen molar-refractivity contribution in [2.45, 2.75) is 27.7 Å². The fourth-order valence-corrected chi connectivity index (χ4v) is 4.06. The first-order valence-electron chi connectivity index (χ1n) is 10.7. The second kappa shape index (κ2) is 14.1. The molecular weight excluding hydrogens is 515 g/mol. The Kier molecular flexibility index (Phi) is 12.3. The summed E-state index contributed by atoms with van der Waals surface area (Å²) in [7, 11) is 0. The van der Waals surface area contributed by atoms with E-state index in [2.05, 4.69) is 13.8 Å². The Morgan fingerprint density at radius 3 is 1.37 bits per heavy atom. The molecule has 0 saturated carbocycles. The van der Waals surface area contributed by atoms with Crippen LogP contribution >= 0.6 is 24.8 Å². The van der Waals surface area contributed by atoms with E-state index in [-0.39, 0.29) is 24.8 Å². The summed E-state index contributed by atoms with van der Waals surface area (Å²) in [4.78, 5) is 0. The Labute approximate surface area is 230 Å². The molecule has 5 rings (SSSR count). The van der Waals surface area contributed by atoms with Crippen molar-refractivity contribution in [3.8, 4) is 11.5 Å². The Balaban J connectivity index is 0.000000266. The summed E-state index contributed by atoms with van der Waals surface area (Å²) in [5.74, 6) is 1.68. The van der Waals surface area contributed by atoms with Gasteiger partial charge in [-0.15, -0.1) is 24.8 Å². The molecule has 0 bridgehead atoms. The summed E-state index contributed by atoms with van der Waals surface area (Å²) in [6.07, 6.45) is 1.66. The third-order valence-electron chi connectivity index (χ3n) is 5.58. The van der Waals surface area contributed by atoms with Crippen LogP contribution in [0.4, 0.5) is 0 Å². The predicted molar refractivity (Wildman–Crippen MR) is 149 cm³/mol. The summed E-state index contributed by atoms with van der Waals surface area (Å²) < 4.78 is 6.84. The summed E-state index contributed by atoms with van der Waals surface area (Å²) in [6.45, 7) is 8.14. The number of benzene rings is 4. The van der Waals surface area contributed by atoms with Gasteiger partial charge >= 0.3 is 52.9 Å². The van der Waals surface area contributed by atoms with E-state index in [0.717, 1.165) is 38.4 Å². The molecular formula is C29H30Cl2O3Ti. The normalized spacial score (nSPS) is 9.57. The molecule has 182 valence electrons. The quantitative estimate of drug-likeness (QED) is 0.209. The first-order valence-corrected chi connectivity index (χ1v) is 11.6. The summed E-state index contributed by atoms with van der Waals surface area (Å²) >= 11 is 1.94. The van der Waals surface area contributed by atoms with Gasteiger partial charge in [0.1, 0.15) is 11.5 Å². The van der Waals surface area contributed by atoms with Crippen molar-refractivity contribution in [1.29, 1.82) is 0 Å². The molecule has 0 radical (unpaired) electrons. The predicted octanol–water partition coefficient (Wildman–Crippen LogP) is 8.14. The Morgan fingerprint density at radius 1 is 0.600 bits per heavy atom. The number of furan rings is 1. The number of phenols is 2. The van der Waals surface area contributed by atoms with Crippen LogP contribution in [0.3, 0.4) is 0 Å². The number of phenolic OH excluding ortho intramolecular Hbond substituents is 2. The number of aromatic hydroxyl groups is 2.